The maximum absolute atomic E-state index is 6.48. The van der Waals surface area contributed by atoms with E-state index in [0.29, 0.717) is 12.0 Å². The van der Waals surface area contributed by atoms with Crippen LogP contribution in [-0.2, 0) is 13.1 Å². The predicted octanol–water partition coefficient (Wildman–Crippen LogP) is 3.07. The summed E-state index contributed by atoms with van der Waals surface area (Å²) in [6, 6.07) is 0.538. The van der Waals surface area contributed by atoms with E-state index in [1.165, 1.54) is 0 Å². The Labute approximate surface area is 133 Å². The van der Waals surface area contributed by atoms with Crippen molar-refractivity contribution in [3.8, 4) is 0 Å². The maximum atomic E-state index is 6.48. The van der Waals surface area contributed by atoms with Gasteiger partial charge in [-0.25, -0.2) is 0 Å². The van der Waals surface area contributed by atoms with Gasteiger partial charge in [0, 0.05) is 37.8 Å². The van der Waals surface area contributed by atoms with Crippen molar-refractivity contribution in [3.05, 3.63) is 16.4 Å². The molecule has 0 bridgehead atoms. The molecule has 0 aliphatic carbocycles. The minimum Gasteiger partial charge on any atom is -0.311 e. The van der Waals surface area contributed by atoms with Crippen LogP contribution in [-0.4, -0.2) is 39.4 Å². The number of nitrogens with one attached hydrogen (secondary N) is 1. The summed E-state index contributed by atoms with van der Waals surface area (Å²) in [5.41, 5.74) is 2.21. The zero-order valence-corrected chi connectivity index (χ0v) is 15.0. The molecule has 1 unspecified atom stereocenters. The van der Waals surface area contributed by atoms with Crippen LogP contribution in [0.2, 0.25) is 5.02 Å². The van der Waals surface area contributed by atoms with Crippen LogP contribution in [0, 0.1) is 12.8 Å². The first-order valence-corrected chi connectivity index (χ1v) is 8.34. The first kappa shape index (κ1) is 16.8. The van der Waals surface area contributed by atoms with Crippen molar-refractivity contribution in [1.82, 2.24) is 20.0 Å². The highest BCUT2D eigenvalue weighted by Gasteiger charge is 2.35. The number of rotatable bonds is 4. The lowest BCUT2D eigenvalue weighted by molar-refractivity contribution is 0.0452. The molecule has 0 radical (unpaired) electrons. The largest absolute Gasteiger partial charge is 0.311 e. The van der Waals surface area contributed by atoms with E-state index in [0.717, 1.165) is 42.6 Å². The molecule has 0 saturated carbocycles. The molecular formula is C16H29ClN4. The third-order valence-electron chi connectivity index (χ3n) is 4.67. The van der Waals surface area contributed by atoms with Gasteiger partial charge in [-0.05, 0) is 33.6 Å². The zero-order chi connectivity index (χ0) is 15.8. The Kier molecular flexibility index (Phi) is 5.01. The lowest BCUT2D eigenvalue weighted by Gasteiger charge is -2.47. The van der Waals surface area contributed by atoms with Gasteiger partial charge in [-0.3, -0.25) is 9.58 Å². The molecule has 1 fully saturated rings. The van der Waals surface area contributed by atoms with Crippen molar-refractivity contribution in [2.75, 3.05) is 13.1 Å². The van der Waals surface area contributed by atoms with Gasteiger partial charge < -0.3 is 5.32 Å². The summed E-state index contributed by atoms with van der Waals surface area (Å²) in [6.07, 6.45) is 0. The Bertz CT molecular complexity index is 493. The standard InChI is InChI=1S/C16H29ClN4/c1-7-21-14(15(17)12(4)19-21)9-20-8-13(11(2)3)18-10-16(20,5)6/h11,13,18H,7-10H2,1-6H3. The number of nitrogens with zero attached hydrogens (tertiary/aromatic N) is 3. The van der Waals surface area contributed by atoms with Gasteiger partial charge >= 0.3 is 0 Å². The molecule has 1 aliphatic rings. The molecule has 0 aromatic carbocycles. The van der Waals surface area contributed by atoms with E-state index in [2.05, 4.69) is 49.9 Å². The molecule has 1 atom stereocenters. The first-order valence-electron chi connectivity index (χ1n) is 7.96. The Morgan fingerprint density at radius 2 is 2.10 bits per heavy atom. The van der Waals surface area contributed by atoms with Gasteiger partial charge in [0.25, 0.3) is 0 Å². The van der Waals surface area contributed by atoms with Crippen LogP contribution in [0.4, 0.5) is 0 Å². The molecule has 0 spiro atoms. The van der Waals surface area contributed by atoms with Gasteiger partial charge in [0.05, 0.1) is 16.4 Å². The average molecular weight is 313 g/mol. The van der Waals surface area contributed by atoms with Crippen LogP contribution in [0.15, 0.2) is 0 Å². The minimum atomic E-state index is 0.130. The maximum Gasteiger partial charge on any atom is 0.0860 e. The molecule has 120 valence electrons. The average Bonchev–Trinajstić information content (AvgIpc) is 2.68. The fourth-order valence-electron chi connectivity index (χ4n) is 2.97. The number of hydrogen-bond acceptors (Lipinski definition) is 3. The molecule has 1 aromatic rings. The highest BCUT2D eigenvalue weighted by atomic mass is 35.5. The van der Waals surface area contributed by atoms with Crippen molar-refractivity contribution in [2.24, 2.45) is 5.92 Å². The molecule has 2 rings (SSSR count). The lowest BCUT2D eigenvalue weighted by Crippen LogP contribution is -2.62. The van der Waals surface area contributed by atoms with Gasteiger partial charge in [-0.15, -0.1) is 0 Å². The van der Waals surface area contributed by atoms with Crippen molar-refractivity contribution in [2.45, 2.75) is 66.2 Å². The van der Waals surface area contributed by atoms with Crippen LogP contribution < -0.4 is 5.32 Å². The second kappa shape index (κ2) is 6.27. The van der Waals surface area contributed by atoms with Gasteiger partial charge in [-0.2, -0.15) is 5.10 Å². The molecular weight excluding hydrogens is 284 g/mol. The third kappa shape index (κ3) is 3.43. The second-order valence-electron chi connectivity index (χ2n) is 7.09. The fourth-order valence-corrected chi connectivity index (χ4v) is 3.16. The van der Waals surface area contributed by atoms with Crippen molar-refractivity contribution in [3.63, 3.8) is 0 Å². The lowest BCUT2D eigenvalue weighted by atomic mass is 9.92. The second-order valence-corrected chi connectivity index (χ2v) is 7.46. The topological polar surface area (TPSA) is 33.1 Å². The van der Waals surface area contributed by atoms with Gasteiger partial charge in [0.2, 0.25) is 0 Å². The third-order valence-corrected chi connectivity index (χ3v) is 5.16. The normalized spacial score (nSPS) is 23.0. The van der Waals surface area contributed by atoms with Crippen molar-refractivity contribution < 1.29 is 0 Å². The summed E-state index contributed by atoms with van der Waals surface area (Å²) in [5.74, 6) is 0.636. The molecule has 2 heterocycles. The fraction of sp³-hybridized carbons (Fsp3) is 0.812. The first-order chi connectivity index (χ1) is 9.76. The molecule has 4 nitrogen and oxygen atoms in total. The Balaban J connectivity index is 2.23. The van der Waals surface area contributed by atoms with E-state index in [1.807, 2.05) is 11.6 Å². The molecule has 1 saturated heterocycles. The number of aryl methyl sites for hydroxylation is 2. The Hall–Kier alpha value is -0.580. The van der Waals surface area contributed by atoms with Gasteiger partial charge in [0.15, 0.2) is 0 Å². The number of hydrogen-bond donors (Lipinski definition) is 1. The summed E-state index contributed by atoms with van der Waals surface area (Å²) in [5, 5.41) is 9.04. The van der Waals surface area contributed by atoms with Crippen LogP contribution >= 0.6 is 11.6 Å². The SMILES string of the molecule is CCn1nc(C)c(Cl)c1CN1CC(C(C)C)NCC1(C)C. The van der Waals surface area contributed by atoms with Crippen LogP contribution in [0.1, 0.15) is 46.0 Å². The van der Waals surface area contributed by atoms with Crippen molar-refractivity contribution >= 4 is 11.6 Å². The summed E-state index contributed by atoms with van der Waals surface area (Å²) in [6.45, 7) is 17.0. The Morgan fingerprint density at radius 1 is 1.43 bits per heavy atom. The van der Waals surface area contributed by atoms with Crippen molar-refractivity contribution in [1.29, 1.82) is 0 Å². The van der Waals surface area contributed by atoms with Gasteiger partial charge in [0.1, 0.15) is 0 Å². The molecule has 1 aliphatic heterocycles. The molecule has 1 aromatic heterocycles. The van der Waals surface area contributed by atoms with E-state index in [9.17, 15) is 0 Å². The monoisotopic (exact) mass is 312 g/mol. The molecule has 21 heavy (non-hydrogen) atoms. The summed E-state index contributed by atoms with van der Waals surface area (Å²) >= 11 is 6.48. The number of piperazine rings is 1. The molecule has 0 amide bonds. The van der Waals surface area contributed by atoms with E-state index >= 15 is 0 Å². The summed E-state index contributed by atoms with van der Waals surface area (Å²) in [4.78, 5) is 2.54. The zero-order valence-electron chi connectivity index (χ0n) is 14.2. The Morgan fingerprint density at radius 3 is 2.67 bits per heavy atom. The highest BCUT2D eigenvalue weighted by molar-refractivity contribution is 6.31. The molecule has 5 heteroatoms. The number of halogens is 1. The quantitative estimate of drug-likeness (QED) is 0.927. The van der Waals surface area contributed by atoms with E-state index < -0.39 is 0 Å². The smallest absolute Gasteiger partial charge is 0.0860 e. The summed E-state index contributed by atoms with van der Waals surface area (Å²) in [7, 11) is 0. The van der Waals surface area contributed by atoms with E-state index in [1.54, 1.807) is 0 Å². The van der Waals surface area contributed by atoms with Gasteiger partial charge in [-0.1, -0.05) is 25.4 Å². The van der Waals surface area contributed by atoms with Crippen LogP contribution in [0.25, 0.3) is 0 Å². The van der Waals surface area contributed by atoms with Crippen LogP contribution in [0.5, 0.6) is 0 Å². The number of aromatic nitrogens is 2. The minimum absolute atomic E-state index is 0.130. The predicted molar refractivity (Wildman–Crippen MR) is 88.8 cm³/mol. The summed E-state index contributed by atoms with van der Waals surface area (Å²) < 4.78 is 2.04. The van der Waals surface area contributed by atoms with E-state index in [4.69, 9.17) is 11.6 Å². The van der Waals surface area contributed by atoms with E-state index in [-0.39, 0.29) is 5.54 Å². The molecule has 1 N–H and O–H groups in total. The highest BCUT2D eigenvalue weighted by Crippen LogP contribution is 2.27. The van der Waals surface area contributed by atoms with Crippen LogP contribution in [0.3, 0.4) is 0 Å².